The van der Waals surface area contributed by atoms with Gasteiger partial charge in [0.1, 0.15) is 12.7 Å². The van der Waals surface area contributed by atoms with Gasteiger partial charge in [-0.25, -0.2) is 9.97 Å². The van der Waals surface area contributed by atoms with E-state index in [1.165, 1.54) is 29.5 Å². The second kappa shape index (κ2) is 27.0. The molecule has 2 amide bonds. The molecule has 4 heterocycles. The summed E-state index contributed by atoms with van der Waals surface area (Å²) < 4.78 is 2.21. The molecule has 0 spiro atoms. The van der Waals surface area contributed by atoms with Crippen molar-refractivity contribution in [2.75, 3.05) is 80.9 Å². The Bertz CT molecular complexity index is 1770. The van der Waals surface area contributed by atoms with Gasteiger partial charge in [-0.15, -0.1) is 10.2 Å². The topological polar surface area (TPSA) is 167 Å². The molecule has 18 heteroatoms. The normalized spacial score (nSPS) is 11.6. The van der Waals surface area contributed by atoms with Crippen LogP contribution in [0.15, 0.2) is 49.1 Å². The molecule has 0 fully saturated rings. The van der Waals surface area contributed by atoms with Crippen LogP contribution in [0, 0.1) is 0 Å². The summed E-state index contributed by atoms with van der Waals surface area (Å²) in [5.74, 6) is 0.647. The lowest BCUT2D eigenvalue weighted by Crippen LogP contribution is -2.38. The van der Waals surface area contributed by atoms with Crippen LogP contribution in [-0.4, -0.2) is 125 Å². The zero-order chi connectivity index (χ0) is 43.1. The predicted octanol–water partition coefficient (Wildman–Crippen LogP) is 4.83. The van der Waals surface area contributed by atoms with E-state index in [0.29, 0.717) is 31.7 Å². The van der Waals surface area contributed by atoms with Crippen molar-refractivity contribution in [1.29, 1.82) is 0 Å². The van der Waals surface area contributed by atoms with Crippen molar-refractivity contribution in [3.05, 3.63) is 71.8 Å². The van der Waals surface area contributed by atoms with Gasteiger partial charge in [-0.2, -0.15) is 8.17 Å². The standard InChI is InChI=1S/C15H23N3O.C14H21N3O.2C3H3N3OS.2C2H6/c1-5-16(2)11-15(19)18(4)13-7-6-12-8-9-17(3)14(12)10-13;1-10(2)16-9-14(18)17(3)12-5-4-11-6-7-15-13(11)8-12;2*7-1-3-4-2-5-6(3)8;2*1-2/h6-7,10H,5,8-9,11H2,1-4H3;4-5,8,10,15-16H,6-7,9H2,1-3H3;2*1-2,8H;2*1-2H3. The molecule has 2 aliphatic heterocycles. The van der Waals surface area contributed by atoms with E-state index in [0.717, 1.165) is 57.7 Å². The fourth-order valence-electron chi connectivity index (χ4n) is 5.01. The van der Waals surface area contributed by atoms with Crippen molar-refractivity contribution < 1.29 is 19.2 Å². The maximum absolute atomic E-state index is 12.2. The lowest BCUT2D eigenvalue weighted by atomic mass is 10.1. The number of amides is 2. The quantitative estimate of drug-likeness (QED) is 0.127. The minimum Gasteiger partial charge on any atom is -0.384 e. The van der Waals surface area contributed by atoms with Gasteiger partial charge in [0.15, 0.2) is 12.6 Å². The van der Waals surface area contributed by atoms with Crippen LogP contribution in [-0.2, 0) is 22.4 Å². The molecule has 0 saturated heterocycles. The molecule has 0 unspecified atom stereocenters. The van der Waals surface area contributed by atoms with Crippen molar-refractivity contribution in [3.63, 3.8) is 0 Å². The van der Waals surface area contributed by atoms with Crippen LogP contribution >= 0.6 is 25.6 Å². The number of nitrogens with one attached hydrogen (secondary N) is 2. The number of likely N-dealkylation sites (N-methyl/N-ethyl adjacent to an activating group) is 4. The Kier molecular flexibility index (Phi) is 23.8. The molecule has 2 aromatic heterocycles. The van der Waals surface area contributed by atoms with E-state index in [2.05, 4.69) is 99.6 Å². The molecule has 16 nitrogen and oxygen atoms in total. The SMILES string of the molecule is CC.CC.CC(C)NCC(=O)N(C)c1ccc2c(c1)NCC2.CCN(C)CC(=O)N(C)c1ccc2c(c1)N(C)CC2.O=Cc1ncnn1S.O=Cc1ncnn1S. The van der Waals surface area contributed by atoms with E-state index in [9.17, 15) is 19.2 Å². The van der Waals surface area contributed by atoms with Crippen LogP contribution in [0.25, 0.3) is 0 Å². The Labute approximate surface area is 349 Å². The minimum absolute atomic E-state index is 0.0849. The van der Waals surface area contributed by atoms with Crippen molar-refractivity contribution in [2.45, 2.75) is 67.3 Å². The number of rotatable bonds is 10. The van der Waals surface area contributed by atoms with Gasteiger partial charge in [0.25, 0.3) is 0 Å². The highest BCUT2D eigenvalue weighted by Gasteiger charge is 2.19. The average Bonchev–Trinajstić information content (AvgIpc) is 4.06. The fourth-order valence-corrected chi connectivity index (χ4v) is 5.30. The number of hydrogen-bond acceptors (Lipinski definition) is 14. The van der Waals surface area contributed by atoms with Gasteiger partial charge in [-0.3, -0.25) is 24.1 Å². The lowest BCUT2D eigenvalue weighted by Gasteiger charge is -2.22. The largest absolute Gasteiger partial charge is 0.384 e. The fraction of sp³-hybridized carbons (Fsp3) is 0.487. The number of fused-ring (bicyclic) bond motifs is 2. The van der Waals surface area contributed by atoms with Gasteiger partial charge in [-0.05, 0) is 87.5 Å². The van der Waals surface area contributed by atoms with Crippen molar-refractivity contribution >= 4 is 72.8 Å². The Morgan fingerprint density at radius 3 is 1.84 bits per heavy atom. The van der Waals surface area contributed by atoms with Crippen LogP contribution in [0.2, 0.25) is 0 Å². The molecule has 0 bridgehead atoms. The van der Waals surface area contributed by atoms with Crippen molar-refractivity contribution in [1.82, 2.24) is 38.6 Å². The summed E-state index contributed by atoms with van der Waals surface area (Å²) in [4.78, 5) is 58.8. The molecule has 0 aliphatic carbocycles. The summed E-state index contributed by atoms with van der Waals surface area (Å²) in [5.41, 5.74) is 7.03. The summed E-state index contributed by atoms with van der Waals surface area (Å²) in [6.07, 6.45) is 5.86. The van der Waals surface area contributed by atoms with Gasteiger partial charge in [0, 0.05) is 63.0 Å². The number of benzene rings is 2. The smallest absolute Gasteiger partial charge is 0.240 e. The van der Waals surface area contributed by atoms with Crippen LogP contribution in [0.1, 0.15) is 80.8 Å². The van der Waals surface area contributed by atoms with E-state index in [1.54, 1.807) is 9.80 Å². The summed E-state index contributed by atoms with van der Waals surface area (Å²) in [5, 5.41) is 13.5. The third-order valence-electron chi connectivity index (χ3n) is 8.45. The second-order valence-electron chi connectivity index (χ2n) is 12.5. The lowest BCUT2D eigenvalue weighted by molar-refractivity contribution is -0.119. The van der Waals surface area contributed by atoms with Crippen LogP contribution < -0.4 is 25.3 Å². The summed E-state index contributed by atoms with van der Waals surface area (Å²) >= 11 is 7.48. The zero-order valence-corrected chi connectivity index (χ0v) is 37.1. The molecular formula is C39H62N12O4S2. The Hall–Kier alpha value is -4.78. The molecule has 2 aromatic carbocycles. The van der Waals surface area contributed by atoms with E-state index in [-0.39, 0.29) is 23.5 Å². The zero-order valence-electron chi connectivity index (χ0n) is 35.3. The van der Waals surface area contributed by atoms with E-state index >= 15 is 0 Å². The molecule has 6 rings (SSSR count). The van der Waals surface area contributed by atoms with Gasteiger partial charge >= 0.3 is 0 Å². The van der Waals surface area contributed by atoms with Gasteiger partial charge < -0.3 is 25.3 Å². The molecule has 57 heavy (non-hydrogen) atoms. The highest BCUT2D eigenvalue weighted by atomic mass is 32.1. The van der Waals surface area contributed by atoms with Gasteiger partial charge in [-0.1, -0.05) is 60.6 Å². The van der Waals surface area contributed by atoms with Crippen molar-refractivity contribution in [3.8, 4) is 0 Å². The number of thiol groups is 2. The molecular weight excluding hydrogens is 765 g/mol. The number of aromatic nitrogens is 6. The molecule has 4 aromatic rings. The van der Waals surface area contributed by atoms with Crippen LogP contribution in [0.5, 0.6) is 0 Å². The van der Waals surface area contributed by atoms with E-state index in [4.69, 9.17) is 0 Å². The molecule has 0 saturated carbocycles. The van der Waals surface area contributed by atoms with Crippen LogP contribution in [0.4, 0.5) is 22.7 Å². The summed E-state index contributed by atoms with van der Waals surface area (Å²) in [6.45, 7) is 17.9. The van der Waals surface area contributed by atoms with Crippen LogP contribution in [0.3, 0.4) is 0 Å². The first-order valence-electron chi connectivity index (χ1n) is 19.0. The first-order valence-corrected chi connectivity index (χ1v) is 19.8. The maximum Gasteiger partial charge on any atom is 0.240 e. The number of anilines is 4. The minimum atomic E-state index is 0.0849. The monoisotopic (exact) mass is 826 g/mol. The number of nitrogens with zero attached hydrogens (tertiary/aromatic N) is 10. The third kappa shape index (κ3) is 16.3. The Morgan fingerprint density at radius 2 is 1.37 bits per heavy atom. The Morgan fingerprint density at radius 1 is 0.842 bits per heavy atom. The average molecular weight is 827 g/mol. The molecule has 0 atom stereocenters. The van der Waals surface area contributed by atoms with E-state index < -0.39 is 0 Å². The third-order valence-corrected chi connectivity index (χ3v) is 9.07. The first kappa shape index (κ1) is 50.2. The number of carbonyl (C=O) groups is 4. The maximum atomic E-state index is 12.2. The number of aldehydes is 2. The van der Waals surface area contributed by atoms with E-state index in [1.807, 2.05) is 79.7 Å². The highest BCUT2D eigenvalue weighted by Crippen LogP contribution is 2.31. The molecule has 2 N–H and O–H groups in total. The summed E-state index contributed by atoms with van der Waals surface area (Å²) in [7, 11) is 7.73. The van der Waals surface area contributed by atoms with Crippen molar-refractivity contribution in [2.24, 2.45) is 0 Å². The molecule has 2 aliphatic rings. The first-order chi connectivity index (χ1) is 27.3. The van der Waals surface area contributed by atoms with Gasteiger partial charge in [0.05, 0.1) is 13.1 Å². The number of carbonyl (C=O) groups excluding carboxylic acids is 4. The molecule has 314 valence electrons. The number of hydrogen-bond donors (Lipinski definition) is 4. The Balaban J connectivity index is 0.000000392. The predicted molar refractivity (Wildman–Crippen MR) is 237 cm³/mol. The van der Waals surface area contributed by atoms with Gasteiger partial charge in [0.2, 0.25) is 23.5 Å². The highest BCUT2D eigenvalue weighted by molar-refractivity contribution is 7.78. The second-order valence-corrected chi connectivity index (χ2v) is 13.3. The molecule has 0 radical (unpaired) electrons. The summed E-state index contributed by atoms with van der Waals surface area (Å²) in [6, 6.07) is 12.8.